The van der Waals surface area contributed by atoms with Crippen molar-refractivity contribution in [1.82, 2.24) is 0 Å². The molecule has 0 aliphatic heterocycles. The van der Waals surface area contributed by atoms with Crippen molar-refractivity contribution in [3.8, 4) is 0 Å². The van der Waals surface area contributed by atoms with E-state index in [0.717, 1.165) is 6.07 Å². The Bertz CT molecular complexity index is 348. The van der Waals surface area contributed by atoms with Gasteiger partial charge in [0.25, 0.3) is 0 Å². The van der Waals surface area contributed by atoms with Crippen LogP contribution in [0.3, 0.4) is 0 Å². The maximum Gasteiger partial charge on any atom is 0.151 e. The topological polar surface area (TPSA) is 0 Å². The number of hydrogen-bond donors (Lipinski definition) is 0. The van der Waals surface area contributed by atoms with Crippen LogP contribution in [0.5, 0.6) is 0 Å². The van der Waals surface area contributed by atoms with Crippen molar-refractivity contribution in [2.24, 2.45) is 0 Å². The Labute approximate surface area is 91.1 Å². The number of alkyl halides is 1. The van der Waals surface area contributed by atoms with Crippen molar-refractivity contribution in [2.75, 3.05) is 5.88 Å². The molecule has 1 aromatic carbocycles. The van der Waals surface area contributed by atoms with Crippen LogP contribution in [-0.4, -0.2) is 5.88 Å². The fourth-order valence-electron chi connectivity index (χ4n) is 0.943. The molecule has 0 nitrogen and oxygen atoms in total. The molecule has 76 valence electrons. The lowest BCUT2D eigenvalue weighted by atomic mass is 10.2. The molecule has 0 aliphatic carbocycles. The Kier molecular flexibility index (Phi) is 4.36. The molecule has 0 fully saturated rings. The van der Waals surface area contributed by atoms with E-state index in [1.54, 1.807) is 6.08 Å². The standard InChI is InChI=1S/C10H8Cl2F2/c11-6-2-1-3-7-4-5-8(13)9(12)10(7)14/h1,3-5H,2,6H2. The second kappa shape index (κ2) is 5.32. The van der Waals surface area contributed by atoms with Crippen LogP contribution >= 0.6 is 23.2 Å². The summed E-state index contributed by atoms with van der Waals surface area (Å²) in [5.74, 6) is -1.02. The summed E-state index contributed by atoms with van der Waals surface area (Å²) >= 11 is 10.8. The van der Waals surface area contributed by atoms with Crippen molar-refractivity contribution < 1.29 is 8.78 Å². The number of halogens is 4. The van der Waals surface area contributed by atoms with Gasteiger partial charge in [0.15, 0.2) is 5.82 Å². The van der Waals surface area contributed by atoms with Crippen molar-refractivity contribution >= 4 is 29.3 Å². The van der Waals surface area contributed by atoms with E-state index in [1.165, 1.54) is 12.1 Å². The van der Waals surface area contributed by atoms with E-state index >= 15 is 0 Å². The minimum atomic E-state index is -0.751. The molecule has 0 atom stereocenters. The van der Waals surface area contributed by atoms with E-state index in [1.807, 2.05) is 0 Å². The van der Waals surface area contributed by atoms with E-state index in [2.05, 4.69) is 0 Å². The molecule has 0 unspecified atom stereocenters. The van der Waals surface area contributed by atoms with Crippen LogP contribution in [0.15, 0.2) is 18.2 Å². The molecule has 0 spiro atoms. The fourth-order valence-corrected chi connectivity index (χ4v) is 1.24. The molecular formula is C10H8Cl2F2. The van der Waals surface area contributed by atoms with Crippen molar-refractivity contribution in [2.45, 2.75) is 6.42 Å². The summed E-state index contributed by atoms with van der Waals surface area (Å²) in [6.45, 7) is 0. The summed E-state index contributed by atoms with van der Waals surface area (Å²) in [5.41, 5.74) is 0.265. The van der Waals surface area contributed by atoms with Crippen LogP contribution in [0, 0.1) is 11.6 Å². The predicted octanol–water partition coefficient (Wildman–Crippen LogP) is 4.26. The molecule has 0 saturated carbocycles. The Hall–Kier alpha value is -0.600. The maximum atomic E-state index is 13.2. The SMILES string of the molecule is Fc1ccc(C=CCCCl)c(F)c1Cl. The van der Waals surface area contributed by atoms with Crippen LogP contribution in [0.1, 0.15) is 12.0 Å². The van der Waals surface area contributed by atoms with E-state index in [9.17, 15) is 8.78 Å². The van der Waals surface area contributed by atoms with Gasteiger partial charge in [0.1, 0.15) is 10.8 Å². The van der Waals surface area contributed by atoms with Crippen LogP contribution in [0.2, 0.25) is 5.02 Å². The van der Waals surface area contributed by atoms with Gasteiger partial charge in [-0.25, -0.2) is 8.78 Å². The Balaban J connectivity index is 2.94. The number of rotatable bonds is 3. The first-order chi connectivity index (χ1) is 6.66. The lowest BCUT2D eigenvalue weighted by Crippen LogP contribution is -1.87. The Morgan fingerprint density at radius 1 is 1.29 bits per heavy atom. The van der Waals surface area contributed by atoms with E-state index in [4.69, 9.17) is 23.2 Å². The van der Waals surface area contributed by atoms with Gasteiger partial charge in [0, 0.05) is 11.4 Å². The van der Waals surface area contributed by atoms with Gasteiger partial charge >= 0.3 is 0 Å². The lowest BCUT2D eigenvalue weighted by molar-refractivity contribution is 0.582. The quantitative estimate of drug-likeness (QED) is 0.544. The smallest absolute Gasteiger partial charge is 0.151 e. The van der Waals surface area contributed by atoms with Crippen LogP contribution < -0.4 is 0 Å². The maximum absolute atomic E-state index is 13.2. The van der Waals surface area contributed by atoms with Gasteiger partial charge in [0.2, 0.25) is 0 Å². The molecule has 0 amide bonds. The van der Waals surface area contributed by atoms with Crippen molar-refractivity contribution in [1.29, 1.82) is 0 Å². The van der Waals surface area contributed by atoms with Crippen LogP contribution in [0.4, 0.5) is 8.78 Å². The highest BCUT2D eigenvalue weighted by Gasteiger charge is 2.08. The second-order valence-corrected chi connectivity index (χ2v) is 3.40. The lowest BCUT2D eigenvalue weighted by Gasteiger charge is -1.99. The molecule has 0 aromatic heterocycles. The molecule has 0 bridgehead atoms. The van der Waals surface area contributed by atoms with Crippen LogP contribution in [0.25, 0.3) is 6.08 Å². The summed E-state index contributed by atoms with van der Waals surface area (Å²) in [6.07, 6.45) is 3.87. The molecule has 1 rings (SSSR count). The number of allylic oxidation sites excluding steroid dienone is 1. The van der Waals surface area contributed by atoms with Gasteiger partial charge in [-0.3, -0.25) is 0 Å². The van der Waals surface area contributed by atoms with Gasteiger partial charge in [-0.15, -0.1) is 11.6 Å². The molecule has 0 N–H and O–H groups in total. The zero-order valence-electron chi connectivity index (χ0n) is 7.24. The molecule has 0 radical (unpaired) electrons. The summed E-state index contributed by atoms with van der Waals surface area (Å²) in [7, 11) is 0. The summed E-state index contributed by atoms with van der Waals surface area (Å²) in [5, 5.41) is -0.474. The fraction of sp³-hybridized carbons (Fsp3) is 0.200. The van der Waals surface area contributed by atoms with E-state index < -0.39 is 16.7 Å². The van der Waals surface area contributed by atoms with Gasteiger partial charge in [-0.05, 0) is 18.6 Å². The highest BCUT2D eigenvalue weighted by atomic mass is 35.5. The average Bonchev–Trinajstić information content (AvgIpc) is 2.18. The average molecular weight is 237 g/mol. The molecule has 1 aromatic rings. The van der Waals surface area contributed by atoms with Gasteiger partial charge in [-0.1, -0.05) is 23.8 Å². The highest BCUT2D eigenvalue weighted by molar-refractivity contribution is 6.31. The van der Waals surface area contributed by atoms with E-state index in [-0.39, 0.29) is 5.56 Å². The largest absolute Gasteiger partial charge is 0.205 e. The van der Waals surface area contributed by atoms with Crippen LogP contribution in [-0.2, 0) is 0 Å². The second-order valence-electron chi connectivity index (χ2n) is 2.64. The number of hydrogen-bond acceptors (Lipinski definition) is 0. The van der Waals surface area contributed by atoms with E-state index in [0.29, 0.717) is 12.3 Å². The zero-order chi connectivity index (χ0) is 10.6. The van der Waals surface area contributed by atoms with Gasteiger partial charge in [0.05, 0.1) is 0 Å². The van der Waals surface area contributed by atoms with Crippen molar-refractivity contribution in [3.63, 3.8) is 0 Å². The summed E-state index contributed by atoms with van der Waals surface area (Å²) < 4.78 is 26.0. The minimum Gasteiger partial charge on any atom is -0.205 e. The Morgan fingerprint density at radius 2 is 2.00 bits per heavy atom. The molecule has 0 aliphatic rings. The molecule has 14 heavy (non-hydrogen) atoms. The first-order valence-electron chi connectivity index (χ1n) is 4.03. The normalized spacial score (nSPS) is 11.1. The Morgan fingerprint density at radius 3 is 2.64 bits per heavy atom. The minimum absolute atomic E-state index is 0.265. The molecular weight excluding hydrogens is 229 g/mol. The molecule has 0 heterocycles. The predicted molar refractivity (Wildman–Crippen MR) is 55.7 cm³/mol. The number of benzene rings is 1. The third kappa shape index (κ3) is 2.69. The van der Waals surface area contributed by atoms with Crippen molar-refractivity contribution in [3.05, 3.63) is 40.4 Å². The third-order valence-corrected chi connectivity index (χ3v) is 2.20. The molecule has 0 saturated heterocycles. The first-order valence-corrected chi connectivity index (χ1v) is 4.94. The van der Waals surface area contributed by atoms with Gasteiger partial charge < -0.3 is 0 Å². The van der Waals surface area contributed by atoms with Gasteiger partial charge in [-0.2, -0.15) is 0 Å². The first kappa shape index (κ1) is 11.5. The zero-order valence-corrected chi connectivity index (χ0v) is 8.75. The monoisotopic (exact) mass is 236 g/mol. The summed E-state index contributed by atoms with van der Waals surface area (Å²) in [6, 6.07) is 2.47. The highest BCUT2D eigenvalue weighted by Crippen LogP contribution is 2.22. The summed E-state index contributed by atoms with van der Waals surface area (Å²) in [4.78, 5) is 0. The third-order valence-electron chi connectivity index (χ3n) is 1.64. The molecule has 4 heteroatoms.